The molecule has 2 heteroatoms. The second-order valence-electron chi connectivity index (χ2n) is 6.97. The van der Waals surface area contributed by atoms with E-state index in [9.17, 15) is 0 Å². The normalized spacial score (nSPS) is 26.2. The molecule has 1 aliphatic rings. The van der Waals surface area contributed by atoms with Gasteiger partial charge in [-0.1, -0.05) is 32.9 Å². The van der Waals surface area contributed by atoms with Gasteiger partial charge in [0.25, 0.3) is 0 Å². The minimum absolute atomic E-state index is 0.722. The summed E-state index contributed by atoms with van der Waals surface area (Å²) in [6.07, 6.45) is 6.63. The fourth-order valence-corrected chi connectivity index (χ4v) is 4.01. The zero-order chi connectivity index (χ0) is 15.2. The summed E-state index contributed by atoms with van der Waals surface area (Å²) in [5.41, 5.74) is 1.51. The molecule has 0 aromatic heterocycles. The van der Waals surface area contributed by atoms with E-state index in [0.717, 1.165) is 23.8 Å². The lowest BCUT2D eigenvalue weighted by Gasteiger charge is -2.38. The summed E-state index contributed by atoms with van der Waals surface area (Å²) in [7, 11) is 0. The van der Waals surface area contributed by atoms with Crippen LogP contribution in [-0.2, 0) is 6.42 Å². The number of nitrogens with one attached hydrogen (secondary N) is 1. The quantitative estimate of drug-likeness (QED) is 0.643. The SMILES string of the molecule is CCCNC1CCC(C(C)C)CC1Cc1ccc(I)cc1. The van der Waals surface area contributed by atoms with E-state index in [-0.39, 0.29) is 0 Å². The Morgan fingerprint density at radius 1 is 1.19 bits per heavy atom. The van der Waals surface area contributed by atoms with Crippen LogP contribution >= 0.6 is 22.6 Å². The second-order valence-corrected chi connectivity index (χ2v) is 8.21. The minimum Gasteiger partial charge on any atom is -0.314 e. The highest BCUT2D eigenvalue weighted by Gasteiger charge is 2.31. The maximum absolute atomic E-state index is 3.81. The zero-order valence-corrected chi connectivity index (χ0v) is 15.9. The lowest BCUT2D eigenvalue weighted by molar-refractivity contribution is 0.167. The number of benzene rings is 1. The first kappa shape index (κ1) is 17.3. The lowest BCUT2D eigenvalue weighted by Crippen LogP contribution is -2.42. The molecule has 0 saturated heterocycles. The molecule has 118 valence electrons. The van der Waals surface area contributed by atoms with E-state index in [4.69, 9.17) is 0 Å². The van der Waals surface area contributed by atoms with Crippen LogP contribution in [0, 0.1) is 21.3 Å². The third-order valence-corrected chi connectivity index (χ3v) is 5.75. The second kappa shape index (κ2) is 8.52. The Morgan fingerprint density at radius 3 is 2.52 bits per heavy atom. The molecule has 1 nitrogen and oxygen atoms in total. The van der Waals surface area contributed by atoms with Crippen LogP contribution in [0.2, 0.25) is 0 Å². The van der Waals surface area contributed by atoms with E-state index in [0.29, 0.717) is 0 Å². The summed E-state index contributed by atoms with van der Waals surface area (Å²) in [5, 5.41) is 3.81. The van der Waals surface area contributed by atoms with Gasteiger partial charge in [-0.3, -0.25) is 0 Å². The van der Waals surface area contributed by atoms with Gasteiger partial charge >= 0.3 is 0 Å². The molecule has 3 atom stereocenters. The van der Waals surface area contributed by atoms with Gasteiger partial charge in [-0.2, -0.15) is 0 Å². The van der Waals surface area contributed by atoms with Crippen molar-refractivity contribution < 1.29 is 0 Å². The van der Waals surface area contributed by atoms with Crippen LogP contribution in [0.15, 0.2) is 24.3 Å². The Kier molecular flexibility index (Phi) is 7.00. The molecule has 0 bridgehead atoms. The fraction of sp³-hybridized carbons (Fsp3) is 0.684. The van der Waals surface area contributed by atoms with Crippen LogP contribution in [0.1, 0.15) is 52.0 Å². The summed E-state index contributed by atoms with van der Waals surface area (Å²) < 4.78 is 1.33. The van der Waals surface area contributed by atoms with Crippen molar-refractivity contribution >= 4 is 22.6 Å². The van der Waals surface area contributed by atoms with Gasteiger partial charge in [0.15, 0.2) is 0 Å². The summed E-state index contributed by atoms with van der Waals surface area (Å²) in [5.74, 6) is 2.55. The predicted molar refractivity (Wildman–Crippen MR) is 101 cm³/mol. The minimum atomic E-state index is 0.722. The molecule has 1 aromatic rings. The number of rotatable bonds is 6. The molecule has 1 saturated carbocycles. The van der Waals surface area contributed by atoms with E-state index in [1.54, 1.807) is 0 Å². The Bertz CT molecular complexity index is 412. The smallest absolute Gasteiger partial charge is 0.0130 e. The van der Waals surface area contributed by atoms with Crippen molar-refractivity contribution in [3.05, 3.63) is 33.4 Å². The largest absolute Gasteiger partial charge is 0.314 e. The molecule has 21 heavy (non-hydrogen) atoms. The average molecular weight is 399 g/mol. The number of hydrogen-bond donors (Lipinski definition) is 1. The first-order valence-electron chi connectivity index (χ1n) is 8.58. The third-order valence-electron chi connectivity index (χ3n) is 5.03. The van der Waals surface area contributed by atoms with Crippen molar-refractivity contribution in [3.63, 3.8) is 0 Å². The van der Waals surface area contributed by atoms with Gasteiger partial charge < -0.3 is 5.32 Å². The van der Waals surface area contributed by atoms with Crippen molar-refractivity contribution in [1.82, 2.24) is 5.32 Å². The highest BCUT2D eigenvalue weighted by Crippen LogP contribution is 2.35. The van der Waals surface area contributed by atoms with Crippen LogP contribution in [0.5, 0.6) is 0 Å². The predicted octanol–water partition coefficient (Wildman–Crippen LogP) is 5.27. The van der Waals surface area contributed by atoms with Crippen molar-refractivity contribution in [3.8, 4) is 0 Å². The van der Waals surface area contributed by atoms with E-state index >= 15 is 0 Å². The van der Waals surface area contributed by atoms with Gasteiger partial charge in [-0.25, -0.2) is 0 Å². The summed E-state index contributed by atoms with van der Waals surface area (Å²) in [6.45, 7) is 8.22. The lowest BCUT2D eigenvalue weighted by atomic mass is 9.71. The van der Waals surface area contributed by atoms with E-state index < -0.39 is 0 Å². The standard InChI is InChI=1S/C19H30IN/c1-4-11-21-19-10-7-16(14(2)3)13-17(19)12-15-5-8-18(20)9-6-15/h5-6,8-9,14,16-17,19,21H,4,7,10-13H2,1-3H3. The summed E-state index contributed by atoms with van der Waals surface area (Å²) in [6, 6.07) is 9.84. The maximum Gasteiger partial charge on any atom is 0.0130 e. The van der Waals surface area contributed by atoms with Gasteiger partial charge in [0.05, 0.1) is 0 Å². The Morgan fingerprint density at radius 2 is 1.90 bits per heavy atom. The molecule has 1 aromatic carbocycles. The van der Waals surface area contributed by atoms with Gasteiger partial charge in [0.2, 0.25) is 0 Å². The van der Waals surface area contributed by atoms with E-state index in [1.807, 2.05) is 0 Å². The van der Waals surface area contributed by atoms with Gasteiger partial charge in [-0.15, -0.1) is 0 Å². The monoisotopic (exact) mass is 399 g/mol. The molecule has 2 rings (SSSR count). The molecule has 1 aliphatic carbocycles. The van der Waals surface area contributed by atoms with Crippen LogP contribution in [-0.4, -0.2) is 12.6 Å². The zero-order valence-electron chi connectivity index (χ0n) is 13.7. The summed E-state index contributed by atoms with van der Waals surface area (Å²) >= 11 is 2.39. The highest BCUT2D eigenvalue weighted by molar-refractivity contribution is 14.1. The highest BCUT2D eigenvalue weighted by atomic mass is 127. The molecular weight excluding hydrogens is 369 g/mol. The van der Waals surface area contributed by atoms with Crippen LogP contribution in [0.3, 0.4) is 0 Å². The average Bonchev–Trinajstić information content (AvgIpc) is 2.48. The molecule has 3 unspecified atom stereocenters. The molecule has 1 fully saturated rings. The van der Waals surface area contributed by atoms with Crippen LogP contribution < -0.4 is 5.32 Å². The molecule has 0 aliphatic heterocycles. The van der Waals surface area contributed by atoms with Gasteiger partial charge in [0, 0.05) is 9.61 Å². The first-order valence-corrected chi connectivity index (χ1v) is 9.65. The van der Waals surface area contributed by atoms with Crippen molar-refractivity contribution in [1.29, 1.82) is 0 Å². The molecule has 0 spiro atoms. The maximum atomic E-state index is 3.81. The van der Waals surface area contributed by atoms with Crippen molar-refractivity contribution in [2.24, 2.45) is 17.8 Å². The molecule has 0 heterocycles. The van der Waals surface area contributed by atoms with Gasteiger partial charge in [-0.05, 0) is 96.7 Å². The topological polar surface area (TPSA) is 12.0 Å². The summed E-state index contributed by atoms with van der Waals surface area (Å²) in [4.78, 5) is 0. The first-order chi connectivity index (χ1) is 10.1. The van der Waals surface area contributed by atoms with E-state index in [2.05, 4.69) is 72.9 Å². The third kappa shape index (κ3) is 5.24. The molecule has 0 amide bonds. The molecular formula is C19H30IN. The molecule has 1 N–H and O–H groups in total. The van der Waals surface area contributed by atoms with Crippen LogP contribution in [0.4, 0.5) is 0 Å². The number of hydrogen-bond acceptors (Lipinski definition) is 1. The van der Waals surface area contributed by atoms with Crippen molar-refractivity contribution in [2.75, 3.05) is 6.54 Å². The molecule has 0 radical (unpaired) electrons. The van der Waals surface area contributed by atoms with E-state index in [1.165, 1.54) is 47.8 Å². The number of halogens is 1. The van der Waals surface area contributed by atoms with Crippen LogP contribution in [0.25, 0.3) is 0 Å². The van der Waals surface area contributed by atoms with Gasteiger partial charge in [0.1, 0.15) is 0 Å². The Labute approximate surface area is 144 Å². The van der Waals surface area contributed by atoms with Crippen molar-refractivity contribution in [2.45, 2.75) is 58.9 Å². The fourth-order valence-electron chi connectivity index (χ4n) is 3.65. The Balaban J connectivity index is 2.03. The Hall–Kier alpha value is -0.0900.